The van der Waals surface area contributed by atoms with Crippen molar-refractivity contribution in [3.8, 4) is 0 Å². The first-order valence-corrected chi connectivity index (χ1v) is 10.0. The van der Waals surface area contributed by atoms with Gasteiger partial charge in [-0.1, -0.05) is 20.8 Å². The van der Waals surface area contributed by atoms with Gasteiger partial charge in [-0.25, -0.2) is 0 Å². The van der Waals surface area contributed by atoms with Crippen molar-refractivity contribution < 1.29 is 9.53 Å². The third kappa shape index (κ3) is 6.24. The van der Waals surface area contributed by atoms with Crippen LogP contribution in [0.15, 0.2) is 23.3 Å². The van der Waals surface area contributed by atoms with Crippen LogP contribution in [-0.2, 0) is 4.43 Å². The molecule has 0 amide bonds. The zero-order valence-corrected chi connectivity index (χ0v) is 14.6. The highest BCUT2D eigenvalue weighted by Crippen LogP contribution is 2.28. The highest BCUT2D eigenvalue weighted by Gasteiger charge is 2.31. The highest BCUT2D eigenvalue weighted by atomic mass is 28.4. The summed E-state index contributed by atoms with van der Waals surface area (Å²) in [5.74, 6) is 1.18. The van der Waals surface area contributed by atoms with E-state index in [1.54, 1.807) is 0 Å². The van der Waals surface area contributed by atoms with Gasteiger partial charge in [0.15, 0.2) is 10.7 Å². The Labute approximate surface area is 124 Å². The third-order valence-electron chi connectivity index (χ3n) is 3.87. The molecule has 0 saturated heterocycles. The van der Waals surface area contributed by atoms with Crippen molar-refractivity contribution in [1.29, 1.82) is 5.39 Å². The fraction of sp³-hybridized carbons (Fsp3) is 0.733. The van der Waals surface area contributed by atoms with Gasteiger partial charge in [-0.15, -0.1) is 0 Å². The molecular weight excluding hydrogens is 268 g/mol. The van der Waals surface area contributed by atoms with Crippen molar-refractivity contribution >= 4 is 8.32 Å². The number of hydrogen-bond acceptors (Lipinski definition) is 3. The fourth-order valence-corrected chi connectivity index (χ4v) is 4.95. The SMILES string of the molecule is CC[Si](CC)(CC)OC(CCCC(O)=C[N+]#N)=C(C)C. The van der Waals surface area contributed by atoms with Gasteiger partial charge in [-0.2, -0.15) is 0 Å². The summed E-state index contributed by atoms with van der Waals surface area (Å²) >= 11 is 0. The molecule has 0 atom stereocenters. The lowest BCUT2D eigenvalue weighted by Crippen LogP contribution is -2.35. The van der Waals surface area contributed by atoms with Gasteiger partial charge in [0, 0.05) is 12.8 Å². The Balaban J connectivity index is 4.67. The second-order valence-corrected chi connectivity index (χ2v) is 10.0. The van der Waals surface area contributed by atoms with Crippen molar-refractivity contribution in [1.82, 2.24) is 0 Å². The van der Waals surface area contributed by atoms with Gasteiger partial charge in [-0.05, 0) is 44.0 Å². The number of hydrogen-bond donors (Lipinski definition) is 1. The molecule has 1 N–H and O–H groups in total. The summed E-state index contributed by atoms with van der Waals surface area (Å²) in [5, 5.41) is 17.8. The first-order valence-electron chi connectivity index (χ1n) is 7.52. The fourth-order valence-electron chi connectivity index (χ4n) is 2.19. The van der Waals surface area contributed by atoms with Crippen LogP contribution >= 0.6 is 0 Å². The average Bonchev–Trinajstić information content (AvgIpc) is 2.43. The van der Waals surface area contributed by atoms with Crippen LogP contribution in [0.2, 0.25) is 18.1 Å². The van der Waals surface area contributed by atoms with Gasteiger partial charge >= 0.3 is 6.20 Å². The van der Waals surface area contributed by atoms with E-state index in [2.05, 4.69) is 39.6 Å². The second-order valence-electron chi connectivity index (χ2n) is 5.36. The summed E-state index contributed by atoms with van der Waals surface area (Å²) in [6, 6.07) is 3.39. The molecule has 4 nitrogen and oxygen atoms in total. The van der Waals surface area contributed by atoms with Crippen molar-refractivity contribution in [3.05, 3.63) is 28.3 Å². The van der Waals surface area contributed by atoms with Gasteiger partial charge in [0.05, 0.1) is 5.76 Å². The minimum atomic E-state index is -1.63. The molecule has 0 unspecified atom stereocenters. The lowest BCUT2D eigenvalue weighted by Gasteiger charge is -2.31. The maximum Gasteiger partial charge on any atom is 0.387 e. The lowest BCUT2D eigenvalue weighted by atomic mass is 10.1. The molecule has 0 aliphatic carbocycles. The number of diazo groups is 1. The number of aliphatic hydroxyl groups is 1. The maximum absolute atomic E-state index is 9.43. The van der Waals surface area contributed by atoms with Crippen molar-refractivity contribution in [3.63, 3.8) is 0 Å². The van der Waals surface area contributed by atoms with Crippen LogP contribution in [0.5, 0.6) is 0 Å². The number of aliphatic hydroxyl groups excluding tert-OH is 1. The zero-order valence-electron chi connectivity index (χ0n) is 13.6. The molecule has 0 aromatic carbocycles. The molecule has 0 saturated carbocycles. The van der Waals surface area contributed by atoms with Crippen LogP contribution in [0.4, 0.5) is 0 Å². The first kappa shape index (κ1) is 18.7. The van der Waals surface area contributed by atoms with Crippen LogP contribution < -0.4 is 0 Å². The normalized spacial score (nSPS) is 11.9. The quantitative estimate of drug-likeness (QED) is 0.336. The van der Waals surface area contributed by atoms with Crippen LogP contribution in [0.1, 0.15) is 53.9 Å². The van der Waals surface area contributed by atoms with E-state index in [0.717, 1.165) is 42.9 Å². The van der Waals surface area contributed by atoms with E-state index in [9.17, 15) is 5.11 Å². The van der Waals surface area contributed by atoms with Crippen molar-refractivity contribution in [2.24, 2.45) is 0 Å². The van der Waals surface area contributed by atoms with E-state index in [1.165, 1.54) is 5.57 Å². The molecule has 5 heteroatoms. The molecule has 0 radical (unpaired) electrons. The monoisotopic (exact) mass is 297 g/mol. The summed E-state index contributed by atoms with van der Waals surface area (Å²) in [5.41, 5.74) is 1.22. The van der Waals surface area contributed by atoms with Crippen LogP contribution in [0, 0.1) is 5.39 Å². The molecule has 0 fully saturated rings. The summed E-state index contributed by atoms with van der Waals surface area (Å²) in [6.07, 6.45) is 3.19. The van der Waals surface area contributed by atoms with E-state index in [1.807, 2.05) is 0 Å². The topological polar surface area (TPSA) is 57.6 Å². The van der Waals surface area contributed by atoms with Crippen LogP contribution in [0.3, 0.4) is 0 Å². The zero-order chi connectivity index (χ0) is 15.6. The summed E-state index contributed by atoms with van der Waals surface area (Å²) < 4.78 is 6.43. The van der Waals surface area contributed by atoms with E-state index < -0.39 is 8.32 Å². The molecule has 0 aromatic heterocycles. The summed E-state index contributed by atoms with van der Waals surface area (Å²) in [6.45, 7) is 10.8. The lowest BCUT2D eigenvalue weighted by molar-refractivity contribution is 0.355. The Morgan fingerprint density at radius 3 is 2.10 bits per heavy atom. The average molecular weight is 297 g/mol. The molecule has 0 bridgehead atoms. The summed E-state index contributed by atoms with van der Waals surface area (Å²) in [4.78, 5) is 2.82. The van der Waals surface area contributed by atoms with Gasteiger partial charge in [0.25, 0.3) is 0 Å². The third-order valence-corrected chi connectivity index (χ3v) is 8.42. The largest absolute Gasteiger partial charge is 0.547 e. The van der Waals surface area contributed by atoms with Gasteiger partial charge in [-0.3, -0.25) is 0 Å². The molecule has 0 heterocycles. The predicted molar refractivity (Wildman–Crippen MR) is 86.3 cm³/mol. The Kier molecular flexibility index (Phi) is 8.98. The molecule has 114 valence electrons. The number of nitrogens with zero attached hydrogens (tertiary/aromatic N) is 2. The highest BCUT2D eigenvalue weighted by molar-refractivity contribution is 6.73. The molecular formula is C15H29N2O2Si+. The number of allylic oxidation sites excluding steroid dienone is 3. The van der Waals surface area contributed by atoms with Crippen LogP contribution in [-0.4, -0.2) is 13.4 Å². The smallest absolute Gasteiger partial charge is 0.387 e. The Morgan fingerprint density at radius 2 is 1.70 bits per heavy atom. The Bertz CT molecular complexity index is 381. The molecule has 20 heavy (non-hydrogen) atoms. The van der Waals surface area contributed by atoms with E-state index in [4.69, 9.17) is 9.82 Å². The number of rotatable bonds is 9. The Hall–Kier alpha value is -1.28. The van der Waals surface area contributed by atoms with Gasteiger partial charge in [0.1, 0.15) is 0 Å². The molecule has 0 aromatic rings. The summed E-state index contributed by atoms with van der Waals surface area (Å²) in [7, 11) is -1.63. The predicted octanol–water partition coefficient (Wildman–Crippen LogP) is 5.72. The van der Waals surface area contributed by atoms with Crippen molar-refractivity contribution in [2.45, 2.75) is 72.0 Å². The van der Waals surface area contributed by atoms with Crippen LogP contribution in [0.25, 0.3) is 4.98 Å². The standard InChI is InChI=1S/C15H28N2O2Si/c1-6-20(7-2,8-3)19-15(13(4)5)11-9-10-14(18)12-17-16/h12H,6-11H2,1-5H3/p+1. The molecule has 0 aliphatic heterocycles. The maximum atomic E-state index is 9.43. The van der Waals surface area contributed by atoms with E-state index in [-0.39, 0.29) is 5.76 Å². The molecule has 0 spiro atoms. The Morgan fingerprint density at radius 1 is 1.15 bits per heavy atom. The minimum Gasteiger partial charge on any atom is -0.547 e. The minimum absolute atomic E-state index is 0.102. The van der Waals surface area contributed by atoms with Gasteiger partial charge in [0.2, 0.25) is 13.7 Å². The second kappa shape index (κ2) is 9.59. The molecule has 0 aliphatic rings. The molecule has 0 rings (SSSR count). The van der Waals surface area contributed by atoms with E-state index >= 15 is 0 Å². The first-order chi connectivity index (χ1) is 9.44. The van der Waals surface area contributed by atoms with Crippen molar-refractivity contribution in [2.75, 3.05) is 0 Å². The van der Waals surface area contributed by atoms with Gasteiger partial charge < -0.3 is 9.53 Å². The van der Waals surface area contributed by atoms with E-state index in [0.29, 0.717) is 6.42 Å².